The standard InChI is InChI=1S/C9H14N4/c10-6-1-4-8-9(5-6)13(12-11-8)7-2-3-7/h6-7H,1-5,10H2. The van der Waals surface area contributed by atoms with Crippen LogP contribution in [0.2, 0.25) is 0 Å². The third-order valence-corrected chi connectivity index (χ3v) is 2.97. The minimum absolute atomic E-state index is 0.323. The highest BCUT2D eigenvalue weighted by atomic mass is 15.5. The second kappa shape index (κ2) is 2.54. The molecule has 70 valence electrons. The van der Waals surface area contributed by atoms with Crippen LogP contribution in [-0.2, 0) is 12.8 Å². The highest BCUT2D eigenvalue weighted by molar-refractivity contribution is 5.17. The lowest BCUT2D eigenvalue weighted by Crippen LogP contribution is -2.29. The van der Waals surface area contributed by atoms with E-state index in [9.17, 15) is 0 Å². The molecule has 2 aliphatic rings. The number of fused-ring (bicyclic) bond motifs is 1. The first-order valence-electron chi connectivity index (χ1n) is 5.03. The summed E-state index contributed by atoms with van der Waals surface area (Å²) in [6, 6.07) is 0.963. The van der Waals surface area contributed by atoms with Gasteiger partial charge in [-0.1, -0.05) is 5.21 Å². The molecule has 0 radical (unpaired) electrons. The highest BCUT2D eigenvalue weighted by Gasteiger charge is 2.30. The topological polar surface area (TPSA) is 56.7 Å². The quantitative estimate of drug-likeness (QED) is 0.678. The predicted octanol–water partition coefficient (Wildman–Crippen LogP) is 0.429. The Balaban J connectivity index is 1.99. The molecule has 0 spiro atoms. The summed E-state index contributed by atoms with van der Waals surface area (Å²) >= 11 is 0. The van der Waals surface area contributed by atoms with E-state index in [-0.39, 0.29) is 0 Å². The van der Waals surface area contributed by atoms with Gasteiger partial charge in [0.2, 0.25) is 0 Å². The Bertz CT molecular complexity index is 326. The Morgan fingerprint density at radius 3 is 2.92 bits per heavy atom. The fourth-order valence-corrected chi connectivity index (χ4v) is 2.04. The number of aryl methyl sites for hydroxylation is 1. The molecular weight excluding hydrogens is 164 g/mol. The number of nitrogens with two attached hydrogens (primary N) is 1. The molecule has 0 aromatic carbocycles. The lowest BCUT2D eigenvalue weighted by Gasteiger charge is -2.17. The predicted molar refractivity (Wildman–Crippen MR) is 48.3 cm³/mol. The molecule has 1 saturated carbocycles. The largest absolute Gasteiger partial charge is 0.327 e. The molecule has 13 heavy (non-hydrogen) atoms. The Morgan fingerprint density at radius 1 is 1.31 bits per heavy atom. The monoisotopic (exact) mass is 178 g/mol. The van der Waals surface area contributed by atoms with Crippen molar-refractivity contribution in [1.29, 1.82) is 0 Å². The fourth-order valence-electron chi connectivity index (χ4n) is 2.04. The fraction of sp³-hybridized carbons (Fsp3) is 0.778. The van der Waals surface area contributed by atoms with Gasteiger partial charge in [0.15, 0.2) is 0 Å². The van der Waals surface area contributed by atoms with Gasteiger partial charge in [0.1, 0.15) is 0 Å². The van der Waals surface area contributed by atoms with Crippen LogP contribution < -0.4 is 5.73 Å². The van der Waals surface area contributed by atoms with Crippen LogP contribution in [0.25, 0.3) is 0 Å². The molecule has 1 aromatic rings. The van der Waals surface area contributed by atoms with Gasteiger partial charge in [-0.05, 0) is 25.7 Å². The molecular formula is C9H14N4. The molecule has 2 N–H and O–H groups in total. The van der Waals surface area contributed by atoms with E-state index < -0.39 is 0 Å². The first-order chi connectivity index (χ1) is 6.34. The van der Waals surface area contributed by atoms with Crippen molar-refractivity contribution in [2.75, 3.05) is 0 Å². The summed E-state index contributed by atoms with van der Waals surface area (Å²) in [4.78, 5) is 0. The number of hydrogen-bond donors (Lipinski definition) is 1. The minimum atomic E-state index is 0.323. The third-order valence-electron chi connectivity index (χ3n) is 2.97. The zero-order chi connectivity index (χ0) is 8.84. The molecule has 1 heterocycles. The number of aromatic nitrogens is 3. The van der Waals surface area contributed by atoms with Crippen molar-refractivity contribution in [3.05, 3.63) is 11.4 Å². The summed E-state index contributed by atoms with van der Waals surface area (Å²) in [5.74, 6) is 0. The van der Waals surface area contributed by atoms with E-state index in [1.165, 1.54) is 24.2 Å². The summed E-state index contributed by atoms with van der Waals surface area (Å²) in [7, 11) is 0. The van der Waals surface area contributed by atoms with Crippen molar-refractivity contribution < 1.29 is 0 Å². The normalized spacial score (nSPS) is 27.3. The van der Waals surface area contributed by atoms with Crippen molar-refractivity contribution in [3.8, 4) is 0 Å². The molecule has 2 aliphatic carbocycles. The number of nitrogens with zero attached hydrogens (tertiary/aromatic N) is 3. The molecule has 1 aromatic heterocycles. The van der Waals surface area contributed by atoms with Crippen LogP contribution in [0.4, 0.5) is 0 Å². The molecule has 3 rings (SSSR count). The van der Waals surface area contributed by atoms with Gasteiger partial charge in [0.25, 0.3) is 0 Å². The van der Waals surface area contributed by atoms with E-state index >= 15 is 0 Å². The van der Waals surface area contributed by atoms with E-state index in [4.69, 9.17) is 5.73 Å². The van der Waals surface area contributed by atoms with Gasteiger partial charge in [-0.3, -0.25) is 0 Å². The van der Waals surface area contributed by atoms with E-state index in [0.29, 0.717) is 12.1 Å². The van der Waals surface area contributed by atoms with Gasteiger partial charge in [-0.2, -0.15) is 0 Å². The Hall–Kier alpha value is -0.900. The molecule has 4 nitrogen and oxygen atoms in total. The van der Waals surface area contributed by atoms with Crippen molar-refractivity contribution in [2.24, 2.45) is 5.73 Å². The molecule has 1 atom stereocenters. The summed E-state index contributed by atoms with van der Waals surface area (Å²) in [6.45, 7) is 0. The van der Waals surface area contributed by atoms with Crippen LogP contribution in [0.3, 0.4) is 0 Å². The van der Waals surface area contributed by atoms with Gasteiger partial charge in [0.05, 0.1) is 17.4 Å². The molecule has 0 amide bonds. The van der Waals surface area contributed by atoms with Crippen molar-refractivity contribution in [2.45, 2.75) is 44.2 Å². The first kappa shape index (κ1) is 7.50. The van der Waals surface area contributed by atoms with Crippen LogP contribution in [0.1, 0.15) is 36.7 Å². The van der Waals surface area contributed by atoms with Gasteiger partial charge in [-0.15, -0.1) is 5.10 Å². The highest BCUT2D eigenvalue weighted by Crippen LogP contribution is 2.36. The summed E-state index contributed by atoms with van der Waals surface area (Å²) in [5, 5.41) is 8.42. The van der Waals surface area contributed by atoms with E-state index in [1.54, 1.807) is 0 Å². The zero-order valence-corrected chi connectivity index (χ0v) is 7.61. The second-order valence-electron chi connectivity index (χ2n) is 4.16. The minimum Gasteiger partial charge on any atom is -0.327 e. The molecule has 1 unspecified atom stereocenters. The van der Waals surface area contributed by atoms with Crippen LogP contribution in [0.5, 0.6) is 0 Å². The molecule has 4 heteroatoms. The van der Waals surface area contributed by atoms with Crippen molar-refractivity contribution >= 4 is 0 Å². The van der Waals surface area contributed by atoms with E-state index in [1.807, 2.05) is 0 Å². The molecule has 0 bridgehead atoms. The SMILES string of the molecule is NC1CCc2nnn(C3CC3)c2C1. The van der Waals surface area contributed by atoms with Crippen LogP contribution >= 0.6 is 0 Å². The Morgan fingerprint density at radius 2 is 2.15 bits per heavy atom. The molecule has 0 saturated heterocycles. The number of hydrogen-bond acceptors (Lipinski definition) is 3. The van der Waals surface area contributed by atoms with Crippen molar-refractivity contribution in [3.63, 3.8) is 0 Å². The van der Waals surface area contributed by atoms with Gasteiger partial charge in [0, 0.05) is 12.5 Å². The second-order valence-corrected chi connectivity index (χ2v) is 4.16. The number of rotatable bonds is 1. The lowest BCUT2D eigenvalue weighted by atomic mass is 9.97. The Labute approximate surface area is 77.1 Å². The maximum Gasteiger partial charge on any atom is 0.0860 e. The molecule has 0 aliphatic heterocycles. The maximum absolute atomic E-state index is 5.93. The van der Waals surface area contributed by atoms with E-state index in [0.717, 1.165) is 19.3 Å². The maximum atomic E-state index is 5.93. The zero-order valence-electron chi connectivity index (χ0n) is 7.61. The first-order valence-corrected chi connectivity index (χ1v) is 5.03. The summed E-state index contributed by atoms with van der Waals surface area (Å²) in [6.07, 6.45) is 5.59. The van der Waals surface area contributed by atoms with E-state index in [2.05, 4.69) is 15.0 Å². The Kier molecular flexibility index (Phi) is 1.47. The average molecular weight is 178 g/mol. The van der Waals surface area contributed by atoms with Gasteiger partial charge >= 0.3 is 0 Å². The third kappa shape index (κ3) is 1.16. The summed E-state index contributed by atoms with van der Waals surface area (Å²) in [5.41, 5.74) is 8.42. The van der Waals surface area contributed by atoms with Crippen LogP contribution in [0, 0.1) is 0 Å². The van der Waals surface area contributed by atoms with Gasteiger partial charge in [-0.25, -0.2) is 4.68 Å². The lowest BCUT2D eigenvalue weighted by molar-refractivity contribution is 0.522. The van der Waals surface area contributed by atoms with Crippen LogP contribution in [-0.4, -0.2) is 21.0 Å². The molecule has 1 fully saturated rings. The average Bonchev–Trinajstić information content (AvgIpc) is 2.87. The summed E-state index contributed by atoms with van der Waals surface area (Å²) < 4.78 is 2.11. The smallest absolute Gasteiger partial charge is 0.0860 e. The van der Waals surface area contributed by atoms with Gasteiger partial charge < -0.3 is 5.73 Å². The van der Waals surface area contributed by atoms with Crippen molar-refractivity contribution in [1.82, 2.24) is 15.0 Å². The van der Waals surface area contributed by atoms with Crippen LogP contribution in [0.15, 0.2) is 0 Å².